The number of benzene rings is 2. The minimum absolute atomic E-state index is 0.139. The molecule has 1 heterocycles. The van der Waals surface area contributed by atoms with Crippen LogP contribution in [0.2, 0.25) is 0 Å². The van der Waals surface area contributed by atoms with Gasteiger partial charge < -0.3 is 14.2 Å². The largest absolute Gasteiger partial charge is 0.493 e. The molecule has 0 aromatic heterocycles. The van der Waals surface area contributed by atoms with E-state index in [0.717, 1.165) is 5.56 Å². The number of carbonyl (C=O) groups is 2. The Balaban J connectivity index is 1.81. The van der Waals surface area contributed by atoms with Crippen molar-refractivity contribution in [1.29, 1.82) is 0 Å². The van der Waals surface area contributed by atoms with Gasteiger partial charge in [-0.25, -0.2) is 9.79 Å². The molecule has 7 nitrogen and oxygen atoms in total. The fourth-order valence-corrected chi connectivity index (χ4v) is 3.84. The fraction of sp³-hybridized carbons (Fsp3) is 0.261. The Morgan fingerprint density at radius 1 is 1.10 bits per heavy atom. The van der Waals surface area contributed by atoms with Crippen molar-refractivity contribution in [2.24, 2.45) is 4.99 Å². The summed E-state index contributed by atoms with van der Waals surface area (Å²) < 4.78 is 15.9. The van der Waals surface area contributed by atoms with E-state index in [9.17, 15) is 9.59 Å². The number of likely N-dealkylation sites (N-methyl/N-ethyl adjacent to an activating group) is 1. The van der Waals surface area contributed by atoms with Crippen LogP contribution in [-0.2, 0) is 9.53 Å². The lowest BCUT2D eigenvalue weighted by molar-refractivity contribution is -0.121. The molecule has 31 heavy (non-hydrogen) atoms. The Morgan fingerprint density at radius 2 is 1.84 bits per heavy atom. The maximum Gasteiger partial charge on any atom is 0.338 e. The highest BCUT2D eigenvalue weighted by Crippen LogP contribution is 2.35. The van der Waals surface area contributed by atoms with Crippen molar-refractivity contribution in [2.75, 3.05) is 27.4 Å². The molecule has 3 rings (SSSR count). The molecule has 0 N–H and O–H groups in total. The maximum atomic E-state index is 12.7. The molecule has 0 spiro atoms. The smallest absolute Gasteiger partial charge is 0.338 e. The van der Waals surface area contributed by atoms with Crippen molar-refractivity contribution in [3.63, 3.8) is 0 Å². The molecule has 0 radical (unpaired) electrons. The highest BCUT2D eigenvalue weighted by Gasteiger charge is 2.30. The van der Waals surface area contributed by atoms with Gasteiger partial charge >= 0.3 is 5.97 Å². The number of hydrogen-bond acceptors (Lipinski definition) is 7. The van der Waals surface area contributed by atoms with E-state index in [1.54, 1.807) is 51.4 Å². The molecule has 1 aliphatic rings. The Kier molecular flexibility index (Phi) is 7.36. The molecule has 0 atom stereocenters. The molecule has 2 aromatic rings. The number of amidine groups is 1. The predicted molar refractivity (Wildman–Crippen MR) is 122 cm³/mol. The summed E-state index contributed by atoms with van der Waals surface area (Å²) in [5.41, 5.74) is 1.92. The molecule has 1 fully saturated rings. The third-order valence-electron chi connectivity index (χ3n) is 4.39. The Labute approximate surface area is 185 Å². The fourth-order valence-electron chi connectivity index (χ4n) is 2.85. The van der Waals surface area contributed by atoms with Gasteiger partial charge in [0.05, 0.1) is 36.5 Å². The van der Waals surface area contributed by atoms with Gasteiger partial charge in [0.15, 0.2) is 16.7 Å². The summed E-state index contributed by atoms with van der Waals surface area (Å²) in [5, 5.41) is 0.554. The van der Waals surface area contributed by atoms with Gasteiger partial charge in [0, 0.05) is 7.05 Å². The van der Waals surface area contributed by atoms with E-state index >= 15 is 0 Å². The number of thioether (sulfide) groups is 1. The van der Waals surface area contributed by atoms with E-state index in [1.165, 1.54) is 16.7 Å². The lowest BCUT2D eigenvalue weighted by atomic mass is 10.2. The van der Waals surface area contributed by atoms with Crippen LogP contribution in [0.4, 0.5) is 5.69 Å². The number of esters is 1. The van der Waals surface area contributed by atoms with Crippen molar-refractivity contribution < 1.29 is 23.8 Å². The highest BCUT2D eigenvalue weighted by atomic mass is 32.2. The summed E-state index contributed by atoms with van der Waals surface area (Å²) in [6.07, 6.45) is 1.80. The van der Waals surface area contributed by atoms with Gasteiger partial charge in [-0.15, -0.1) is 0 Å². The molecule has 8 heteroatoms. The van der Waals surface area contributed by atoms with Crippen molar-refractivity contribution in [1.82, 2.24) is 4.90 Å². The molecule has 1 aliphatic heterocycles. The van der Waals surface area contributed by atoms with Gasteiger partial charge in [0.1, 0.15) is 0 Å². The van der Waals surface area contributed by atoms with E-state index in [2.05, 4.69) is 4.99 Å². The van der Waals surface area contributed by atoms with Crippen molar-refractivity contribution in [2.45, 2.75) is 13.8 Å². The van der Waals surface area contributed by atoms with Gasteiger partial charge in [-0.3, -0.25) is 9.69 Å². The SMILES string of the molecule is CCOC(=O)c1ccc(N=C2SC(=Cc3ccc(OCC)c(OC)c3)C(=O)N2C)cc1. The number of ether oxygens (including phenoxy) is 3. The van der Waals surface area contributed by atoms with Crippen LogP contribution >= 0.6 is 11.8 Å². The molecular weight excluding hydrogens is 416 g/mol. The number of methoxy groups -OCH3 is 1. The van der Waals surface area contributed by atoms with Crippen LogP contribution in [0.1, 0.15) is 29.8 Å². The maximum absolute atomic E-state index is 12.7. The van der Waals surface area contributed by atoms with Gasteiger partial charge in [-0.1, -0.05) is 6.07 Å². The predicted octanol–water partition coefficient (Wildman–Crippen LogP) is 4.50. The zero-order chi connectivity index (χ0) is 22.4. The number of hydrogen-bond donors (Lipinski definition) is 0. The zero-order valence-corrected chi connectivity index (χ0v) is 18.7. The van der Waals surface area contributed by atoms with Gasteiger partial charge in [-0.05, 0) is 73.6 Å². The van der Waals surface area contributed by atoms with Crippen LogP contribution in [0.25, 0.3) is 6.08 Å². The summed E-state index contributed by atoms with van der Waals surface area (Å²) >= 11 is 1.29. The third kappa shape index (κ3) is 5.27. The Morgan fingerprint density at radius 3 is 2.48 bits per heavy atom. The van der Waals surface area contributed by atoms with Crippen LogP contribution in [0.5, 0.6) is 11.5 Å². The van der Waals surface area contributed by atoms with E-state index < -0.39 is 0 Å². The molecular formula is C23H24N2O5S. The third-order valence-corrected chi connectivity index (χ3v) is 5.45. The lowest BCUT2D eigenvalue weighted by Crippen LogP contribution is -2.23. The van der Waals surface area contributed by atoms with Crippen LogP contribution in [-0.4, -0.2) is 49.3 Å². The summed E-state index contributed by atoms with van der Waals surface area (Å²) in [7, 11) is 3.26. The molecule has 1 saturated heterocycles. The van der Waals surface area contributed by atoms with E-state index in [0.29, 0.717) is 46.0 Å². The number of nitrogens with zero attached hydrogens (tertiary/aromatic N) is 2. The minimum Gasteiger partial charge on any atom is -0.493 e. The topological polar surface area (TPSA) is 77.4 Å². The van der Waals surface area contributed by atoms with E-state index in [4.69, 9.17) is 14.2 Å². The van der Waals surface area contributed by atoms with Gasteiger partial charge in [0.25, 0.3) is 5.91 Å². The molecule has 0 aliphatic carbocycles. The summed E-state index contributed by atoms with van der Waals surface area (Å²) in [6, 6.07) is 12.3. The standard InChI is InChI=1S/C23H24N2O5S/c1-5-29-18-12-7-15(13-19(18)28-4)14-20-21(26)25(3)23(31-20)24-17-10-8-16(9-11-17)22(27)30-6-2/h7-14H,5-6H2,1-4H3. The molecule has 1 amide bonds. The van der Waals surface area contributed by atoms with E-state index in [1.807, 2.05) is 25.1 Å². The normalized spacial score (nSPS) is 16.1. The van der Waals surface area contributed by atoms with Crippen LogP contribution in [0.3, 0.4) is 0 Å². The van der Waals surface area contributed by atoms with Gasteiger partial charge in [0.2, 0.25) is 0 Å². The second kappa shape index (κ2) is 10.2. The van der Waals surface area contributed by atoms with Crippen LogP contribution < -0.4 is 9.47 Å². The zero-order valence-electron chi connectivity index (χ0n) is 17.9. The first kappa shape index (κ1) is 22.4. The average molecular weight is 441 g/mol. The first-order valence-corrected chi connectivity index (χ1v) is 10.6. The molecule has 0 unspecified atom stereocenters. The Hall–Kier alpha value is -3.26. The summed E-state index contributed by atoms with van der Waals surface area (Å²) in [4.78, 5) is 31.1. The molecule has 162 valence electrons. The number of carbonyl (C=O) groups excluding carboxylic acids is 2. The van der Waals surface area contributed by atoms with Crippen LogP contribution in [0, 0.1) is 0 Å². The average Bonchev–Trinajstić information content (AvgIpc) is 3.03. The Bertz CT molecular complexity index is 1030. The lowest BCUT2D eigenvalue weighted by Gasteiger charge is -2.09. The second-order valence-electron chi connectivity index (χ2n) is 6.48. The molecule has 2 aromatic carbocycles. The first-order chi connectivity index (χ1) is 15.0. The first-order valence-electron chi connectivity index (χ1n) is 9.81. The van der Waals surface area contributed by atoms with Gasteiger partial charge in [-0.2, -0.15) is 0 Å². The number of rotatable bonds is 7. The summed E-state index contributed by atoms with van der Waals surface area (Å²) in [5.74, 6) is 0.749. The molecule has 0 saturated carbocycles. The van der Waals surface area contributed by atoms with Crippen LogP contribution in [0.15, 0.2) is 52.4 Å². The highest BCUT2D eigenvalue weighted by molar-refractivity contribution is 8.18. The summed E-state index contributed by atoms with van der Waals surface area (Å²) in [6.45, 7) is 4.53. The number of aliphatic imine (C=N–C) groups is 1. The minimum atomic E-state index is -0.375. The molecule has 0 bridgehead atoms. The van der Waals surface area contributed by atoms with Crippen molar-refractivity contribution in [3.05, 3.63) is 58.5 Å². The van der Waals surface area contributed by atoms with E-state index in [-0.39, 0.29) is 11.9 Å². The second-order valence-corrected chi connectivity index (χ2v) is 7.49. The van der Waals surface area contributed by atoms with Crippen molar-refractivity contribution >= 4 is 40.6 Å². The monoisotopic (exact) mass is 440 g/mol. The van der Waals surface area contributed by atoms with Crippen molar-refractivity contribution in [3.8, 4) is 11.5 Å². The quantitative estimate of drug-likeness (QED) is 0.466. The number of amides is 1.